The summed E-state index contributed by atoms with van der Waals surface area (Å²) < 4.78 is 4.50. The molecule has 22 heavy (non-hydrogen) atoms. The predicted octanol–water partition coefficient (Wildman–Crippen LogP) is 2.97. The fourth-order valence-electron chi connectivity index (χ4n) is 2.06. The number of nitrogen functional groups attached to an aromatic ring is 1. The van der Waals surface area contributed by atoms with E-state index in [1.807, 2.05) is 12.1 Å². The smallest absolute Gasteiger partial charge is 0.349 e. The van der Waals surface area contributed by atoms with Crippen molar-refractivity contribution in [2.75, 3.05) is 5.73 Å². The van der Waals surface area contributed by atoms with Gasteiger partial charge in [0.05, 0.1) is 5.56 Å². The SMILES string of the molecule is Cc1cc(C(=O)NCc2cccc(N)c2)ccc1C(=O)OBr. The van der Waals surface area contributed by atoms with Gasteiger partial charge >= 0.3 is 5.97 Å². The van der Waals surface area contributed by atoms with Crippen LogP contribution in [0.15, 0.2) is 42.5 Å². The molecule has 0 heterocycles. The molecule has 3 N–H and O–H groups in total. The van der Waals surface area contributed by atoms with Crippen LogP contribution >= 0.6 is 16.3 Å². The lowest BCUT2D eigenvalue weighted by Crippen LogP contribution is -2.23. The molecule has 0 aliphatic rings. The van der Waals surface area contributed by atoms with Gasteiger partial charge in [-0.3, -0.25) is 4.79 Å². The third-order valence-corrected chi connectivity index (χ3v) is 3.48. The average Bonchev–Trinajstić information content (AvgIpc) is 2.51. The Hall–Kier alpha value is -2.34. The number of hydrogen-bond acceptors (Lipinski definition) is 4. The monoisotopic (exact) mass is 362 g/mol. The molecule has 0 saturated heterocycles. The Labute approximate surface area is 136 Å². The zero-order valence-corrected chi connectivity index (χ0v) is 13.5. The highest BCUT2D eigenvalue weighted by Gasteiger charge is 2.13. The molecule has 0 aliphatic heterocycles. The van der Waals surface area contributed by atoms with Gasteiger partial charge in [-0.15, -0.1) is 0 Å². The van der Waals surface area contributed by atoms with Crippen LogP contribution in [-0.4, -0.2) is 11.9 Å². The lowest BCUT2D eigenvalue weighted by Gasteiger charge is -2.08. The van der Waals surface area contributed by atoms with E-state index in [2.05, 4.69) is 25.4 Å². The Bertz CT molecular complexity index is 716. The van der Waals surface area contributed by atoms with Crippen molar-refractivity contribution in [3.05, 3.63) is 64.7 Å². The fourth-order valence-corrected chi connectivity index (χ4v) is 2.24. The van der Waals surface area contributed by atoms with Crippen LogP contribution in [0.4, 0.5) is 5.69 Å². The van der Waals surface area contributed by atoms with Gasteiger partial charge in [0.15, 0.2) is 16.3 Å². The number of rotatable bonds is 4. The molecule has 0 bridgehead atoms. The molecule has 0 fully saturated rings. The second-order valence-electron chi connectivity index (χ2n) is 4.82. The highest BCUT2D eigenvalue weighted by atomic mass is 79.9. The molecule has 2 aromatic rings. The number of nitrogens with one attached hydrogen (secondary N) is 1. The summed E-state index contributed by atoms with van der Waals surface area (Å²) >= 11 is 2.65. The molecule has 0 atom stereocenters. The average molecular weight is 363 g/mol. The number of halogens is 1. The van der Waals surface area contributed by atoms with Crippen LogP contribution in [0.2, 0.25) is 0 Å². The molecule has 5 nitrogen and oxygen atoms in total. The third-order valence-electron chi connectivity index (χ3n) is 3.18. The summed E-state index contributed by atoms with van der Waals surface area (Å²) in [4.78, 5) is 23.6. The molecule has 0 aliphatic carbocycles. The van der Waals surface area contributed by atoms with Crippen molar-refractivity contribution in [1.82, 2.24) is 5.32 Å². The van der Waals surface area contributed by atoms with Crippen molar-refractivity contribution < 1.29 is 13.4 Å². The summed E-state index contributed by atoms with van der Waals surface area (Å²) in [5, 5.41) is 2.81. The Morgan fingerprint density at radius 2 is 2.00 bits per heavy atom. The number of nitrogens with two attached hydrogens (primary N) is 1. The molecule has 0 saturated carbocycles. The number of amides is 1. The molecule has 0 radical (unpaired) electrons. The Balaban J connectivity index is 2.07. The van der Waals surface area contributed by atoms with E-state index < -0.39 is 5.97 Å². The molecule has 1 amide bonds. The Kier molecular flexibility index (Phi) is 5.16. The minimum Gasteiger partial charge on any atom is -0.399 e. The van der Waals surface area contributed by atoms with E-state index in [0.29, 0.717) is 28.9 Å². The molecule has 114 valence electrons. The van der Waals surface area contributed by atoms with Gasteiger partial charge in [-0.05, 0) is 48.4 Å². The van der Waals surface area contributed by atoms with E-state index in [-0.39, 0.29) is 5.91 Å². The number of aryl methyl sites for hydroxylation is 1. The quantitative estimate of drug-likeness (QED) is 0.819. The van der Waals surface area contributed by atoms with E-state index in [1.54, 1.807) is 37.3 Å². The van der Waals surface area contributed by atoms with Crippen LogP contribution in [0, 0.1) is 6.92 Å². The van der Waals surface area contributed by atoms with Gasteiger partial charge in [0.2, 0.25) is 0 Å². The summed E-state index contributed by atoms with van der Waals surface area (Å²) in [5.74, 6) is -0.714. The van der Waals surface area contributed by atoms with Crippen molar-refractivity contribution in [3.8, 4) is 0 Å². The molecule has 2 rings (SSSR count). The van der Waals surface area contributed by atoms with Crippen LogP contribution in [0.3, 0.4) is 0 Å². The number of carbonyl (C=O) groups excluding carboxylic acids is 2. The molecule has 0 spiro atoms. The second-order valence-corrected chi connectivity index (χ2v) is 5.15. The number of hydrogen-bond donors (Lipinski definition) is 2. The predicted molar refractivity (Wildman–Crippen MR) is 87.5 cm³/mol. The molecular weight excluding hydrogens is 348 g/mol. The van der Waals surface area contributed by atoms with Crippen LogP contribution in [-0.2, 0) is 10.4 Å². The first-order valence-corrected chi connectivity index (χ1v) is 7.22. The fraction of sp³-hybridized carbons (Fsp3) is 0.125. The first kappa shape index (κ1) is 16.0. The topological polar surface area (TPSA) is 81.4 Å². The maximum absolute atomic E-state index is 12.1. The van der Waals surface area contributed by atoms with Gasteiger partial charge in [-0.1, -0.05) is 12.1 Å². The number of carbonyl (C=O) groups is 2. The van der Waals surface area contributed by atoms with E-state index >= 15 is 0 Å². The summed E-state index contributed by atoms with van der Waals surface area (Å²) in [7, 11) is 0. The third kappa shape index (κ3) is 3.85. The van der Waals surface area contributed by atoms with Crippen molar-refractivity contribution >= 4 is 33.8 Å². The summed E-state index contributed by atoms with van der Waals surface area (Å²) in [6, 6.07) is 12.1. The lowest BCUT2D eigenvalue weighted by atomic mass is 10.0. The van der Waals surface area contributed by atoms with Gasteiger partial charge in [0.25, 0.3) is 5.91 Å². The highest BCUT2D eigenvalue weighted by molar-refractivity contribution is 9.06. The largest absolute Gasteiger partial charge is 0.399 e. The van der Waals surface area contributed by atoms with Crippen molar-refractivity contribution in [2.24, 2.45) is 0 Å². The van der Waals surface area contributed by atoms with Crippen LogP contribution in [0.5, 0.6) is 0 Å². The lowest BCUT2D eigenvalue weighted by molar-refractivity contribution is 0.0780. The van der Waals surface area contributed by atoms with E-state index in [0.717, 1.165) is 5.56 Å². The zero-order chi connectivity index (χ0) is 16.1. The standard InChI is InChI=1S/C16H15BrN2O3/c1-10-7-12(5-6-14(10)16(21)22-17)15(20)19-9-11-3-2-4-13(18)8-11/h2-8H,9,18H2,1H3,(H,19,20). The summed E-state index contributed by atoms with van der Waals surface area (Å²) in [6.45, 7) is 2.13. The van der Waals surface area contributed by atoms with E-state index in [9.17, 15) is 9.59 Å². The Morgan fingerprint density at radius 3 is 2.64 bits per heavy atom. The number of benzene rings is 2. The molecule has 0 unspecified atom stereocenters. The van der Waals surface area contributed by atoms with Gasteiger partial charge in [-0.2, -0.15) is 0 Å². The molecule has 6 heteroatoms. The Morgan fingerprint density at radius 1 is 1.23 bits per heavy atom. The maximum Gasteiger partial charge on any atom is 0.349 e. The van der Waals surface area contributed by atoms with Crippen molar-refractivity contribution in [3.63, 3.8) is 0 Å². The molecular formula is C16H15BrN2O3. The van der Waals surface area contributed by atoms with Gasteiger partial charge in [-0.25, -0.2) is 4.79 Å². The van der Waals surface area contributed by atoms with E-state index in [4.69, 9.17) is 5.73 Å². The highest BCUT2D eigenvalue weighted by Crippen LogP contribution is 2.14. The van der Waals surface area contributed by atoms with Crippen LogP contribution in [0.1, 0.15) is 31.8 Å². The van der Waals surface area contributed by atoms with Crippen molar-refractivity contribution in [1.29, 1.82) is 0 Å². The molecule has 0 aromatic heterocycles. The van der Waals surface area contributed by atoms with Crippen LogP contribution < -0.4 is 11.1 Å². The van der Waals surface area contributed by atoms with Gasteiger partial charge < -0.3 is 14.9 Å². The first-order valence-electron chi connectivity index (χ1n) is 6.57. The number of anilines is 1. The van der Waals surface area contributed by atoms with Crippen LogP contribution in [0.25, 0.3) is 0 Å². The van der Waals surface area contributed by atoms with Gasteiger partial charge in [0.1, 0.15) is 0 Å². The normalized spacial score (nSPS) is 10.1. The maximum atomic E-state index is 12.1. The van der Waals surface area contributed by atoms with E-state index in [1.165, 1.54) is 0 Å². The zero-order valence-electron chi connectivity index (χ0n) is 11.9. The minimum absolute atomic E-state index is 0.218. The molecule has 2 aromatic carbocycles. The minimum atomic E-state index is -0.496. The van der Waals surface area contributed by atoms with Crippen molar-refractivity contribution in [2.45, 2.75) is 13.5 Å². The second kappa shape index (κ2) is 7.09. The summed E-state index contributed by atoms with van der Waals surface area (Å²) in [6.07, 6.45) is 0. The van der Waals surface area contributed by atoms with Gasteiger partial charge in [0, 0.05) is 17.8 Å². The summed E-state index contributed by atoms with van der Waals surface area (Å²) in [5.41, 5.74) is 8.82. The first-order chi connectivity index (χ1) is 10.5.